The Morgan fingerprint density at radius 2 is 2.10 bits per heavy atom. The lowest BCUT2D eigenvalue weighted by molar-refractivity contribution is 0.409. The molecule has 1 aliphatic heterocycles. The fraction of sp³-hybridized carbons (Fsp3) is 0.294. The Hall–Kier alpha value is -1.81. The van der Waals surface area contributed by atoms with Crippen LogP contribution >= 0.6 is 11.8 Å². The summed E-state index contributed by atoms with van der Waals surface area (Å²) in [7, 11) is 1.73. The molecule has 2 aromatic carbocycles. The minimum atomic E-state index is 0.817. The standard InChI is InChI=1S/C17H20N2OS/c1-12-3-5-16(20-2)13(9-12)11-19-7-8-21-17-6-4-14(18)10-15(17)19/h3-6,9-10H,7-8,11,18H2,1-2H3. The first kappa shape index (κ1) is 14.1. The third-order valence-electron chi connectivity index (χ3n) is 3.74. The lowest BCUT2D eigenvalue weighted by Gasteiger charge is -2.31. The van der Waals surface area contributed by atoms with E-state index in [2.05, 4.69) is 36.1 Å². The van der Waals surface area contributed by atoms with Gasteiger partial charge in [0, 0.05) is 35.0 Å². The monoisotopic (exact) mass is 300 g/mol. The number of benzene rings is 2. The van der Waals surface area contributed by atoms with Gasteiger partial charge in [-0.3, -0.25) is 0 Å². The van der Waals surface area contributed by atoms with Gasteiger partial charge in [0.15, 0.2) is 0 Å². The van der Waals surface area contributed by atoms with Crippen LogP contribution in [0.5, 0.6) is 5.75 Å². The van der Waals surface area contributed by atoms with Gasteiger partial charge in [-0.25, -0.2) is 0 Å². The molecule has 1 heterocycles. The molecular weight excluding hydrogens is 280 g/mol. The fourth-order valence-corrected chi connectivity index (χ4v) is 3.72. The smallest absolute Gasteiger partial charge is 0.123 e. The molecule has 21 heavy (non-hydrogen) atoms. The predicted molar refractivity (Wildman–Crippen MR) is 90.4 cm³/mol. The molecule has 0 aromatic heterocycles. The van der Waals surface area contributed by atoms with Gasteiger partial charge in [0.2, 0.25) is 0 Å². The van der Waals surface area contributed by atoms with E-state index in [1.54, 1.807) is 7.11 Å². The number of nitrogens with zero attached hydrogens (tertiary/aromatic N) is 1. The molecule has 3 nitrogen and oxygen atoms in total. The first-order valence-corrected chi connectivity index (χ1v) is 8.07. The molecule has 0 radical (unpaired) electrons. The molecule has 0 saturated carbocycles. The van der Waals surface area contributed by atoms with Gasteiger partial charge >= 0.3 is 0 Å². The van der Waals surface area contributed by atoms with E-state index in [1.807, 2.05) is 23.9 Å². The van der Waals surface area contributed by atoms with E-state index in [0.717, 1.165) is 30.3 Å². The van der Waals surface area contributed by atoms with Crippen LogP contribution in [0.25, 0.3) is 0 Å². The summed E-state index contributed by atoms with van der Waals surface area (Å²) in [5, 5.41) is 0. The van der Waals surface area contributed by atoms with Gasteiger partial charge in [0.1, 0.15) is 5.75 Å². The van der Waals surface area contributed by atoms with Crippen molar-refractivity contribution in [2.45, 2.75) is 18.4 Å². The Morgan fingerprint density at radius 1 is 1.24 bits per heavy atom. The van der Waals surface area contributed by atoms with Crippen molar-refractivity contribution in [1.82, 2.24) is 0 Å². The van der Waals surface area contributed by atoms with Crippen LogP contribution in [0, 0.1) is 6.92 Å². The van der Waals surface area contributed by atoms with E-state index in [1.165, 1.54) is 21.7 Å². The number of nitrogen functional groups attached to an aromatic ring is 1. The maximum atomic E-state index is 5.96. The van der Waals surface area contributed by atoms with Gasteiger partial charge in [-0.1, -0.05) is 17.7 Å². The molecule has 3 rings (SSSR count). The molecule has 0 unspecified atom stereocenters. The second kappa shape index (κ2) is 5.90. The number of rotatable bonds is 3. The van der Waals surface area contributed by atoms with Crippen LogP contribution in [0.4, 0.5) is 11.4 Å². The zero-order valence-electron chi connectivity index (χ0n) is 12.4. The van der Waals surface area contributed by atoms with E-state index in [-0.39, 0.29) is 0 Å². The van der Waals surface area contributed by atoms with E-state index in [0.29, 0.717) is 0 Å². The number of thioether (sulfide) groups is 1. The van der Waals surface area contributed by atoms with Crippen molar-refractivity contribution in [3.05, 3.63) is 47.5 Å². The van der Waals surface area contributed by atoms with Crippen LogP contribution in [0.2, 0.25) is 0 Å². The Balaban J connectivity index is 1.93. The van der Waals surface area contributed by atoms with Gasteiger partial charge in [-0.05, 0) is 31.2 Å². The van der Waals surface area contributed by atoms with Gasteiger partial charge < -0.3 is 15.4 Å². The summed E-state index contributed by atoms with van der Waals surface area (Å²) in [5.74, 6) is 2.05. The van der Waals surface area contributed by atoms with E-state index >= 15 is 0 Å². The summed E-state index contributed by atoms with van der Waals surface area (Å²) in [6, 6.07) is 12.5. The second-order valence-corrected chi connectivity index (χ2v) is 6.45. The van der Waals surface area contributed by atoms with Crippen LogP contribution in [-0.2, 0) is 6.54 Å². The van der Waals surface area contributed by atoms with Crippen molar-refractivity contribution in [2.75, 3.05) is 30.0 Å². The second-order valence-electron chi connectivity index (χ2n) is 5.31. The van der Waals surface area contributed by atoms with Crippen LogP contribution in [-0.4, -0.2) is 19.4 Å². The quantitative estimate of drug-likeness (QED) is 0.877. The van der Waals surface area contributed by atoms with Crippen molar-refractivity contribution in [1.29, 1.82) is 0 Å². The van der Waals surface area contributed by atoms with E-state index in [9.17, 15) is 0 Å². The number of methoxy groups -OCH3 is 1. The Kier molecular flexibility index (Phi) is 3.97. The summed E-state index contributed by atoms with van der Waals surface area (Å²) in [5.41, 5.74) is 10.5. The minimum Gasteiger partial charge on any atom is -0.496 e. The van der Waals surface area contributed by atoms with Crippen molar-refractivity contribution in [3.63, 3.8) is 0 Å². The number of ether oxygens (including phenoxy) is 1. The van der Waals surface area contributed by atoms with Crippen molar-refractivity contribution in [3.8, 4) is 5.75 Å². The fourth-order valence-electron chi connectivity index (χ4n) is 2.69. The summed E-state index contributed by atoms with van der Waals surface area (Å²) >= 11 is 1.90. The average Bonchev–Trinajstić information content (AvgIpc) is 2.48. The largest absolute Gasteiger partial charge is 0.496 e. The number of anilines is 2. The number of fused-ring (bicyclic) bond motifs is 1. The summed E-state index contributed by atoms with van der Waals surface area (Å²) in [6.07, 6.45) is 0. The molecule has 1 aliphatic rings. The Labute approximate surface area is 130 Å². The number of aryl methyl sites for hydroxylation is 1. The topological polar surface area (TPSA) is 38.5 Å². The molecule has 0 spiro atoms. The zero-order valence-corrected chi connectivity index (χ0v) is 13.2. The normalized spacial score (nSPS) is 13.9. The van der Waals surface area contributed by atoms with E-state index in [4.69, 9.17) is 10.5 Å². The highest BCUT2D eigenvalue weighted by Gasteiger charge is 2.19. The van der Waals surface area contributed by atoms with Crippen LogP contribution in [0.1, 0.15) is 11.1 Å². The third-order valence-corrected chi connectivity index (χ3v) is 4.78. The highest BCUT2D eigenvalue weighted by Crippen LogP contribution is 2.37. The van der Waals surface area contributed by atoms with Gasteiger partial charge in [-0.2, -0.15) is 0 Å². The molecule has 0 saturated heterocycles. The molecule has 2 aromatic rings. The third kappa shape index (κ3) is 2.95. The maximum Gasteiger partial charge on any atom is 0.123 e. The van der Waals surface area contributed by atoms with Crippen LogP contribution < -0.4 is 15.4 Å². The molecule has 0 aliphatic carbocycles. The highest BCUT2D eigenvalue weighted by atomic mass is 32.2. The zero-order chi connectivity index (χ0) is 14.8. The van der Waals surface area contributed by atoms with Crippen LogP contribution in [0.15, 0.2) is 41.3 Å². The summed E-state index contributed by atoms with van der Waals surface area (Å²) < 4.78 is 5.50. The summed E-state index contributed by atoms with van der Waals surface area (Å²) in [6.45, 7) is 3.99. The van der Waals surface area contributed by atoms with Crippen molar-refractivity contribution in [2.24, 2.45) is 0 Å². The molecule has 0 amide bonds. The lowest BCUT2D eigenvalue weighted by atomic mass is 10.1. The lowest BCUT2D eigenvalue weighted by Crippen LogP contribution is -2.28. The SMILES string of the molecule is COc1ccc(C)cc1CN1CCSc2ccc(N)cc21. The molecular formula is C17H20N2OS. The average molecular weight is 300 g/mol. The maximum absolute atomic E-state index is 5.96. The first-order chi connectivity index (χ1) is 10.2. The van der Waals surface area contributed by atoms with Crippen LogP contribution in [0.3, 0.4) is 0 Å². The Morgan fingerprint density at radius 3 is 2.90 bits per heavy atom. The molecule has 0 fully saturated rings. The summed E-state index contributed by atoms with van der Waals surface area (Å²) in [4.78, 5) is 3.70. The number of nitrogens with two attached hydrogens (primary N) is 1. The Bertz CT molecular complexity index is 657. The van der Waals surface area contributed by atoms with Crippen molar-refractivity contribution >= 4 is 23.1 Å². The van der Waals surface area contributed by atoms with Crippen molar-refractivity contribution < 1.29 is 4.74 Å². The molecule has 0 bridgehead atoms. The predicted octanol–water partition coefficient (Wildman–Crippen LogP) is 3.70. The highest BCUT2D eigenvalue weighted by molar-refractivity contribution is 7.99. The minimum absolute atomic E-state index is 0.817. The molecule has 4 heteroatoms. The molecule has 0 atom stereocenters. The first-order valence-electron chi connectivity index (χ1n) is 7.08. The number of hydrogen-bond donors (Lipinski definition) is 1. The van der Waals surface area contributed by atoms with Gasteiger partial charge in [-0.15, -0.1) is 11.8 Å². The van der Waals surface area contributed by atoms with Gasteiger partial charge in [0.25, 0.3) is 0 Å². The van der Waals surface area contributed by atoms with E-state index < -0.39 is 0 Å². The van der Waals surface area contributed by atoms with Gasteiger partial charge in [0.05, 0.1) is 12.8 Å². The molecule has 2 N–H and O–H groups in total. The number of hydrogen-bond acceptors (Lipinski definition) is 4. The molecule has 110 valence electrons.